The van der Waals surface area contributed by atoms with Crippen LogP contribution in [0, 0.1) is 0 Å². The van der Waals surface area contributed by atoms with Gasteiger partial charge in [-0.15, -0.1) is 0 Å². The maximum atomic E-state index is 6.56. The third-order valence-electron chi connectivity index (χ3n) is 2.67. The van der Waals surface area contributed by atoms with Gasteiger partial charge < -0.3 is 0 Å². The van der Waals surface area contributed by atoms with E-state index in [2.05, 4.69) is 16.9 Å². The molecule has 1 aliphatic heterocycles. The number of rotatable bonds is 0. The zero-order valence-corrected chi connectivity index (χ0v) is 10.7. The Bertz CT molecular complexity index is 181. The van der Waals surface area contributed by atoms with Crippen LogP contribution in [0.2, 0.25) is 0 Å². The Morgan fingerprint density at radius 3 is 1.92 bits per heavy atom. The molecule has 0 aromatic heterocycles. The van der Waals surface area contributed by atoms with Gasteiger partial charge >= 0.3 is 80.1 Å². The summed E-state index contributed by atoms with van der Waals surface area (Å²) in [4.78, 5) is 4.40. The van der Waals surface area contributed by atoms with E-state index in [4.69, 9.17) is 8.91 Å². The van der Waals surface area contributed by atoms with E-state index in [1.54, 1.807) is 0 Å². The topological polar surface area (TPSA) is 24.1 Å². The molecule has 0 spiro atoms. The van der Waals surface area contributed by atoms with Crippen LogP contribution >= 0.6 is 25.4 Å². The van der Waals surface area contributed by atoms with Crippen LogP contribution in [0.5, 0.6) is 0 Å². The van der Waals surface area contributed by atoms with Gasteiger partial charge in [-0.25, -0.2) is 0 Å². The van der Waals surface area contributed by atoms with Crippen molar-refractivity contribution >= 4 is 25.4 Å². The van der Waals surface area contributed by atoms with Crippen molar-refractivity contribution in [3.05, 3.63) is 0 Å². The third kappa shape index (κ3) is 1.89. The molecule has 74 valence electrons. The zero-order chi connectivity index (χ0) is 8.84. The first-order chi connectivity index (χ1) is 5.44. The monoisotopic (exact) mass is 304 g/mol. The summed E-state index contributed by atoms with van der Waals surface area (Å²) in [6.45, 7) is 0. The van der Waals surface area contributed by atoms with Crippen LogP contribution in [0.15, 0.2) is 0 Å². The zero-order valence-electron chi connectivity index (χ0n) is 7.74. The number of alkyl halides is 2. The van der Waals surface area contributed by atoms with E-state index in [-0.39, 0.29) is 0 Å². The van der Waals surface area contributed by atoms with Crippen molar-refractivity contribution in [3.63, 3.8) is 0 Å². The molecule has 2 nitrogen and oxygen atoms in total. The van der Waals surface area contributed by atoms with Crippen molar-refractivity contribution in [2.75, 3.05) is 9.86 Å². The number of nitrogens with one attached hydrogen (secondary N) is 2. The Morgan fingerprint density at radius 1 is 1.08 bits per heavy atom. The average molecular weight is 305 g/mol. The fourth-order valence-electron chi connectivity index (χ4n) is 2.23. The van der Waals surface area contributed by atoms with Crippen LogP contribution in [-0.2, 0) is 0 Å². The van der Waals surface area contributed by atoms with Gasteiger partial charge in [0.2, 0.25) is 0 Å². The quantitative estimate of drug-likeness (QED) is 0.408. The van der Waals surface area contributed by atoms with E-state index in [1.807, 2.05) is 0 Å². The Balaban J connectivity index is 2.13. The van der Waals surface area contributed by atoms with Crippen LogP contribution in [0.25, 0.3) is 0 Å². The van der Waals surface area contributed by atoms with Gasteiger partial charge in [0.05, 0.1) is 0 Å². The normalized spacial score (nSPS) is 47.4. The van der Waals surface area contributed by atoms with E-state index in [1.165, 1.54) is 25.7 Å². The minimum absolute atomic E-state index is 0.667. The fraction of sp³-hybridized carbons (Fsp3) is 1.00. The van der Waals surface area contributed by atoms with Gasteiger partial charge in [0, 0.05) is 0 Å². The van der Waals surface area contributed by atoms with Crippen LogP contribution in [0.1, 0.15) is 25.7 Å². The summed E-state index contributed by atoms with van der Waals surface area (Å²) in [5.74, 6) is 0. The van der Waals surface area contributed by atoms with Crippen LogP contribution < -0.4 is 7.06 Å². The molecular formula is C8H18ClIN2. The van der Waals surface area contributed by atoms with Crippen molar-refractivity contribution in [2.45, 2.75) is 37.8 Å². The maximum absolute atomic E-state index is 6.56. The van der Waals surface area contributed by atoms with Gasteiger partial charge in [0.15, 0.2) is 0 Å². The van der Waals surface area contributed by atoms with Gasteiger partial charge in [-0.3, -0.25) is 0 Å². The molecular weight excluding hydrogens is 286 g/mol. The standard InChI is InChI=1S/C8H18ClIN2/c1-10(2,9)11-7-5-3-4-6-8(7)12-10/h7-8,11-12H,3-6H2,1-2H3. The summed E-state index contributed by atoms with van der Waals surface area (Å²) in [7, 11) is 6.56. The molecule has 2 N–H and O–H groups in total. The first-order valence-electron chi connectivity index (χ1n) is 4.50. The van der Waals surface area contributed by atoms with Crippen LogP contribution in [0.4, 0.5) is 0 Å². The van der Waals surface area contributed by atoms with Gasteiger partial charge in [0.25, 0.3) is 0 Å². The van der Waals surface area contributed by atoms with Crippen LogP contribution in [0.3, 0.4) is 0 Å². The second-order valence-electron chi connectivity index (χ2n) is 4.37. The van der Waals surface area contributed by atoms with Crippen molar-refractivity contribution in [1.82, 2.24) is 7.06 Å². The third-order valence-corrected chi connectivity index (χ3v) is 8.97. The number of hydrogen-bond acceptors (Lipinski definition) is 2. The van der Waals surface area contributed by atoms with E-state index in [0.717, 1.165) is 0 Å². The van der Waals surface area contributed by atoms with Crippen molar-refractivity contribution in [3.8, 4) is 0 Å². The summed E-state index contributed by atoms with van der Waals surface area (Å²) < 4.78 is 7.30. The fourth-order valence-corrected chi connectivity index (χ4v) is 9.93. The molecule has 2 fully saturated rings. The second kappa shape index (κ2) is 2.72. The van der Waals surface area contributed by atoms with E-state index >= 15 is 0 Å². The molecule has 0 bridgehead atoms. The molecule has 1 saturated heterocycles. The molecule has 2 aliphatic rings. The van der Waals surface area contributed by atoms with Crippen molar-refractivity contribution < 1.29 is 0 Å². The van der Waals surface area contributed by atoms with Crippen molar-refractivity contribution in [1.29, 1.82) is 0 Å². The number of hydrogen-bond donors (Lipinski definition) is 2. The van der Waals surface area contributed by atoms with Crippen molar-refractivity contribution in [2.24, 2.45) is 0 Å². The van der Waals surface area contributed by atoms with E-state index < -0.39 is 16.5 Å². The first kappa shape index (κ1) is 9.49. The van der Waals surface area contributed by atoms with Gasteiger partial charge in [-0.1, -0.05) is 0 Å². The predicted octanol–water partition coefficient (Wildman–Crippen LogP) is 2.31. The summed E-state index contributed by atoms with van der Waals surface area (Å²) in [6.07, 6.45) is 5.36. The molecule has 1 saturated carbocycles. The summed E-state index contributed by atoms with van der Waals surface area (Å²) in [5, 5.41) is 0. The molecule has 0 aromatic rings. The van der Waals surface area contributed by atoms with Gasteiger partial charge in [-0.2, -0.15) is 0 Å². The predicted molar refractivity (Wildman–Crippen MR) is 64.0 cm³/mol. The Hall–Kier alpha value is 0.940. The SMILES string of the molecule is CI1(C)(Cl)NC2CCCCC2N1. The summed E-state index contributed by atoms with van der Waals surface area (Å²) in [6, 6.07) is 1.33. The molecule has 2 unspecified atom stereocenters. The molecule has 0 aromatic carbocycles. The van der Waals surface area contributed by atoms with E-state index in [9.17, 15) is 0 Å². The molecule has 4 heteroatoms. The molecule has 1 aliphatic carbocycles. The Morgan fingerprint density at radius 2 is 1.50 bits per heavy atom. The summed E-state index contributed by atoms with van der Waals surface area (Å²) >= 11 is -2.75. The average Bonchev–Trinajstić information content (AvgIpc) is 2.16. The molecule has 2 rings (SSSR count). The molecule has 12 heavy (non-hydrogen) atoms. The Labute approximate surface area is 79.9 Å². The Kier molecular flexibility index (Phi) is 2.15. The van der Waals surface area contributed by atoms with Crippen LogP contribution in [-0.4, -0.2) is 21.9 Å². The number of halogens is 2. The van der Waals surface area contributed by atoms with Gasteiger partial charge in [-0.05, 0) is 0 Å². The van der Waals surface area contributed by atoms with Gasteiger partial charge in [0.1, 0.15) is 0 Å². The molecule has 1 heterocycles. The number of fused-ring (bicyclic) bond motifs is 1. The second-order valence-corrected chi connectivity index (χ2v) is 20.8. The molecule has 0 amide bonds. The minimum atomic E-state index is -2.75. The first-order valence-corrected chi connectivity index (χ1v) is 13.7. The summed E-state index contributed by atoms with van der Waals surface area (Å²) in [5.41, 5.74) is 0. The molecule has 0 radical (unpaired) electrons. The van der Waals surface area contributed by atoms with E-state index in [0.29, 0.717) is 12.1 Å². The molecule has 2 atom stereocenters.